The van der Waals surface area contributed by atoms with Crippen molar-refractivity contribution in [1.82, 2.24) is 10.3 Å². The summed E-state index contributed by atoms with van der Waals surface area (Å²) in [4.78, 5) is 17.1. The lowest BCUT2D eigenvalue weighted by molar-refractivity contribution is 0.1000. The molecule has 1 amide bonds. The van der Waals surface area contributed by atoms with Crippen molar-refractivity contribution < 1.29 is 9.53 Å². The van der Waals surface area contributed by atoms with Crippen LogP contribution in [-0.4, -0.2) is 16.0 Å². The summed E-state index contributed by atoms with van der Waals surface area (Å²) in [6, 6.07) is 10.5. The van der Waals surface area contributed by atoms with Gasteiger partial charge in [0.15, 0.2) is 5.11 Å². The molecular weight excluding hydrogens is 560 g/mol. The zero-order valence-corrected chi connectivity index (χ0v) is 26.4. The number of allylic oxidation sites excluding steroid dienone is 2. The van der Waals surface area contributed by atoms with Crippen molar-refractivity contribution in [2.75, 3.05) is 5.32 Å². The van der Waals surface area contributed by atoms with Gasteiger partial charge in [-0.3, -0.25) is 9.78 Å². The largest absolute Gasteiger partial charge is 0.457 e. The van der Waals surface area contributed by atoms with Crippen molar-refractivity contribution in [1.29, 1.82) is 0 Å². The smallest absolute Gasteiger partial charge is 0.248 e. The number of unbranched alkanes of at least 4 members (excludes halogenated alkanes) is 1. The lowest BCUT2D eigenvalue weighted by Gasteiger charge is -2.15. The summed E-state index contributed by atoms with van der Waals surface area (Å²) < 4.78 is 6.08. The molecule has 0 aliphatic rings. The molecule has 0 fully saturated rings. The number of aryl methyl sites for hydroxylation is 1. The number of nitrogens with one attached hydrogen (secondary N) is 2. The molecule has 3 aromatic rings. The van der Waals surface area contributed by atoms with Crippen LogP contribution in [0, 0.1) is 12.8 Å². The first kappa shape index (κ1) is 33.1. The maximum atomic E-state index is 11.8. The fourth-order valence-electron chi connectivity index (χ4n) is 3.26. The third-order valence-corrected chi connectivity index (χ3v) is 7.04. The van der Waals surface area contributed by atoms with Gasteiger partial charge in [-0.05, 0) is 79.2 Å². The normalized spacial score (nSPS) is 11.1. The second-order valence-electron chi connectivity index (χ2n) is 9.64. The summed E-state index contributed by atoms with van der Waals surface area (Å²) in [5, 5.41) is 8.78. The number of carbonyl (C=O) groups is 1. The van der Waals surface area contributed by atoms with Gasteiger partial charge in [0, 0.05) is 23.2 Å². The number of hydrogen-bond donors (Lipinski definition) is 3. The van der Waals surface area contributed by atoms with Gasteiger partial charge in [0.05, 0.1) is 21.3 Å². The van der Waals surface area contributed by atoms with E-state index < -0.39 is 5.91 Å². The summed E-state index contributed by atoms with van der Waals surface area (Å²) in [6.07, 6.45) is 7.01. The fourth-order valence-corrected chi connectivity index (χ4v) is 4.49. The lowest BCUT2D eigenvalue weighted by atomic mass is 10.0. The van der Waals surface area contributed by atoms with Gasteiger partial charge in [-0.15, -0.1) is 0 Å². The van der Waals surface area contributed by atoms with E-state index in [0.29, 0.717) is 43.8 Å². The van der Waals surface area contributed by atoms with Crippen molar-refractivity contribution in [3.8, 4) is 11.5 Å². The lowest BCUT2D eigenvalue weighted by Crippen LogP contribution is -2.27. The number of thiocarbonyl (C=S) groups is 1. The molecule has 3 rings (SSSR count). The van der Waals surface area contributed by atoms with Crippen LogP contribution in [0.1, 0.15) is 69.8 Å². The van der Waals surface area contributed by atoms with E-state index in [1.54, 1.807) is 36.5 Å². The minimum Gasteiger partial charge on any atom is -0.457 e. The van der Waals surface area contributed by atoms with Crippen LogP contribution in [0.2, 0.25) is 5.02 Å². The number of benzene rings is 2. The first-order chi connectivity index (χ1) is 18.9. The molecule has 9 heteroatoms. The number of nitrogens with two attached hydrogens (primary N) is 1. The fraction of sp³-hybridized carbons (Fsp3) is 0.323. The van der Waals surface area contributed by atoms with E-state index in [0.717, 1.165) is 34.3 Å². The second kappa shape index (κ2) is 16.3. The molecule has 0 saturated heterocycles. The van der Waals surface area contributed by atoms with E-state index in [4.69, 9.17) is 34.3 Å². The van der Waals surface area contributed by atoms with Crippen molar-refractivity contribution in [2.24, 2.45) is 11.7 Å². The van der Waals surface area contributed by atoms with Crippen LogP contribution >= 0.6 is 35.6 Å². The van der Waals surface area contributed by atoms with Crippen LogP contribution in [0.15, 0.2) is 65.2 Å². The predicted molar refractivity (Wildman–Crippen MR) is 176 cm³/mol. The van der Waals surface area contributed by atoms with Crippen LogP contribution in [0.5, 0.6) is 11.5 Å². The minimum atomic E-state index is -0.503. The van der Waals surface area contributed by atoms with Crippen LogP contribution in [-0.2, 0) is 0 Å². The topological polar surface area (TPSA) is 89.3 Å². The van der Waals surface area contributed by atoms with Gasteiger partial charge in [-0.25, -0.2) is 0 Å². The van der Waals surface area contributed by atoms with Crippen LogP contribution in [0.25, 0.3) is 10.9 Å². The highest BCUT2D eigenvalue weighted by molar-refractivity contribution is 8.06. The van der Waals surface area contributed by atoms with Gasteiger partial charge in [0.1, 0.15) is 11.5 Å². The zero-order valence-electron chi connectivity index (χ0n) is 24.1. The van der Waals surface area contributed by atoms with Gasteiger partial charge in [-0.1, -0.05) is 76.6 Å². The Kier molecular flexibility index (Phi) is 13.5. The Morgan fingerprint density at radius 2 is 1.95 bits per heavy atom. The molecule has 1 aromatic heterocycles. The first-order valence-corrected chi connectivity index (χ1v) is 14.8. The Labute approximate surface area is 252 Å². The maximum absolute atomic E-state index is 11.8. The SMILES string of the molecule is C=C(C)S/C(=C\CCC)NC(=S)Nc1ccc(Oc2ccnc3cc(C)c(C(N)=O)cc23)cc1Cl.CCC(C)C. The second-order valence-corrected chi connectivity index (χ2v) is 11.8. The Morgan fingerprint density at radius 3 is 2.52 bits per heavy atom. The van der Waals surface area contributed by atoms with Crippen molar-refractivity contribution in [3.63, 3.8) is 0 Å². The number of hydrogen-bond acceptors (Lipinski definition) is 5. The quantitative estimate of drug-likeness (QED) is 0.200. The van der Waals surface area contributed by atoms with Crippen LogP contribution in [0.4, 0.5) is 5.69 Å². The molecule has 0 saturated carbocycles. The summed E-state index contributed by atoms with van der Waals surface area (Å²) in [5.74, 6) is 1.44. The number of aromatic nitrogens is 1. The number of amides is 1. The highest BCUT2D eigenvalue weighted by atomic mass is 35.5. The number of nitrogens with zero attached hydrogens (tertiary/aromatic N) is 1. The highest BCUT2D eigenvalue weighted by Gasteiger charge is 2.13. The van der Waals surface area contributed by atoms with Crippen molar-refractivity contribution in [2.45, 2.75) is 60.8 Å². The average Bonchev–Trinajstić information content (AvgIpc) is 2.88. The number of rotatable bonds is 10. The predicted octanol–water partition coefficient (Wildman–Crippen LogP) is 9.33. The molecule has 4 N–H and O–H groups in total. The number of fused-ring (bicyclic) bond motifs is 1. The molecule has 0 atom stereocenters. The Hall–Kier alpha value is -3.07. The molecule has 214 valence electrons. The van der Waals surface area contributed by atoms with Gasteiger partial charge >= 0.3 is 0 Å². The summed E-state index contributed by atoms with van der Waals surface area (Å²) >= 11 is 13.5. The standard InChI is InChI=1S/C26H27ClN4O2S2.C5H12/c1-5-6-7-24(35-15(2)3)31-26(34)30-21-9-8-17(13-20(21)27)33-23-10-11-29-22-12-16(4)18(25(28)32)14-19(22)23;1-4-5(2)3/h7-14H,2,5-6H2,1,3-4H3,(H2,28,32)(H2,30,31,34);5H,4H2,1-3H3/b24-7-;. The van der Waals surface area contributed by atoms with E-state index in [2.05, 4.69) is 56.0 Å². The molecule has 2 aromatic carbocycles. The number of thioether (sulfide) groups is 1. The van der Waals surface area contributed by atoms with E-state index in [1.165, 1.54) is 18.2 Å². The summed E-state index contributed by atoms with van der Waals surface area (Å²) in [7, 11) is 0. The highest BCUT2D eigenvalue weighted by Crippen LogP contribution is 2.34. The maximum Gasteiger partial charge on any atom is 0.248 e. The molecule has 6 nitrogen and oxygen atoms in total. The van der Waals surface area contributed by atoms with E-state index in [1.807, 2.05) is 19.9 Å². The number of pyridine rings is 1. The number of anilines is 1. The number of halogens is 1. The van der Waals surface area contributed by atoms with E-state index in [-0.39, 0.29) is 0 Å². The molecular formula is C31H39ClN4O2S2. The van der Waals surface area contributed by atoms with Gasteiger partial charge in [-0.2, -0.15) is 0 Å². The van der Waals surface area contributed by atoms with E-state index >= 15 is 0 Å². The first-order valence-electron chi connectivity index (χ1n) is 13.2. The monoisotopic (exact) mass is 598 g/mol. The molecule has 40 heavy (non-hydrogen) atoms. The summed E-state index contributed by atoms with van der Waals surface area (Å²) in [5.41, 5.74) is 8.03. The molecule has 0 aliphatic carbocycles. The minimum absolute atomic E-state index is 0.422. The third kappa shape index (κ3) is 10.5. The molecule has 0 unspecified atom stereocenters. The molecule has 0 radical (unpaired) electrons. The summed E-state index contributed by atoms with van der Waals surface area (Å²) in [6.45, 7) is 16.5. The molecule has 1 heterocycles. The molecule has 0 aliphatic heterocycles. The van der Waals surface area contributed by atoms with Crippen LogP contribution in [0.3, 0.4) is 0 Å². The van der Waals surface area contributed by atoms with E-state index in [9.17, 15) is 4.79 Å². The Morgan fingerprint density at radius 1 is 1.25 bits per heavy atom. The molecule has 0 bridgehead atoms. The third-order valence-electron chi connectivity index (χ3n) is 5.69. The molecule has 0 spiro atoms. The Bertz CT molecular complexity index is 1390. The van der Waals surface area contributed by atoms with Gasteiger partial charge in [0.25, 0.3) is 0 Å². The van der Waals surface area contributed by atoms with Crippen molar-refractivity contribution >= 4 is 63.2 Å². The number of ether oxygens (including phenoxy) is 1. The van der Waals surface area contributed by atoms with Gasteiger partial charge in [0.2, 0.25) is 5.91 Å². The number of carbonyl (C=O) groups excluding carboxylic acids is 1. The van der Waals surface area contributed by atoms with Gasteiger partial charge < -0.3 is 21.1 Å². The Balaban J connectivity index is 0.00000103. The zero-order chi connectivity index (χ0) is 29.8. The van der Waals surface area contributed by atoms with Crippen molar-refractivity contribution in [3.05, 3.63) is 81.3 Å². The number of primary amides is 1. The van der Waals surface area contributed by atoms with Crippen LogP contribution < -0.4 is 21.1 Å². The average molecular weight is 599 g/mol.